The third kappa shape index (κ3) is 4.29. The van der Waals surface area contributed by atoms with Crippen molar-refractivity contribution in [1.82, 2.24) is 9.97 Å². The van der Waals surface area contributed by atoms with Crippen LogP contribution in [-0.2, 0) is 10.9 Å². The number of hydrogen-bond acceptors (Lipinski definition) is 5. The molecule has 1 aliphatic heterocycles. The van der Waals surface area contributed by atoms with Crippen LogP contribution in [-0.4, -0.2) is 46.3 Å². The molecule has 2 atom stereocenters. The average Bonchev–Trinajstić information content (AvgIpc) is 3.07. The molecule has 1 fully saturated rings. The van der Waals surface area contributed by atoms with E-state index in [0.717, 1.165) is 6.07 Å². The first kappa shape index (κ1) is 21.0. The van der Waals surface area contributed by atoms with Gasteiger partial charge in [0, 0.05) is 13.1 Å². The standard InChI is InChI=1S/C21H21F3N4O3/c1-11-9-28(10-12(2)31-11)18-8-17-16(7-13(18)19(29)30)26-20(27-17)25-15-6-4-3-5-14(15)21(22,23)24/h3-8,11-12H,9-10H2,1-2H3,(H,29,30)(H2,25,26,27). The molecular formula is C21H21F3N4O3. The Kier molecular flexibility index (Phi) is 5.26. The van der Waals surface area contributed by atoms with E-state index in [4.69, 9.17) is 4.74 Å². The number of benzene rings is 2. The van der Waals surface area contributed by atoms with Crippen molar-refractivity contribution in [2.75, 3.05) is 23.3 Å². The lowest BCUT2D eigenvalue weighted by molar-refractivity contribution is -0.136. The average molecular weight is 434 g/mol. The molecule has 4 rings (SSSR count). The van der Waals surface area contributed by atoms with Gasteiger partial charge in [-0.1, -0.05) is 12.1 Å². The number of ether oxygens (including phenoxy) is 1. The van der Waals surface area contributed by atoms with E-state index in [1.807, 2.05) is 18.7 Å². The van der Waals surface area contributed by atoms with Crippen molar-refractivity contribution in [2.45, 2.75) is 32.2 Å². The van der Waals surface area contributed by atoms with Gasteiger partial charge in [0.2, 0.25) is 5.95 Å². The lowest BCUT2D eigenvalue weighted by Crippen LogP contribution is -2.46. The largest absolute Gasteiger partial charge is 0.478 e. The number of nitrogens with one attached hydrogen (secondary N) is 2. The van der Waals surface area contributed by atoms with Gasteiger partial charge in [0.25, 0.3) is 0 Å². The van der Waals surface area contributed by atoms with E-state index in [2.05, 4.69) is 15.3 Å². The minimum atomic E-state index is -4.52. The SMILES string of the molecule is CC1CN(c2cc3[nH]c(Nc4ccccc4C(F)(F)F)nc3cc2C(=O)O)CC(C)O1. The maximum atomic E-state index is 13.3. The second kappa shape index (κ2) is 7.77. The van der Waals surface area contributed by atoms with Crippen LogP contribution in [0.3, 0.4) is 0 Å². The number of aromatic carboxylic acids is 1. The highest BCUT2D eigenvalue weighted by Crippen LogP contribution is 2.36. The van der Waals surface area contributed by atoms with Gasteiger partial charge in [0.05, 0.1) is 45.7 Å². The fourth-order valence-corrected chi connectivity index (χ4v) is 3.88. The molecule has 0 aliphatic carbocycles. The Hall–Kier alpha value is -3.27. The van der Waals surface area contributed by atoms with Crippen LogP contribution < -0.4 is 10.2 Å². The zero-order valence-electron chi connectivity index (χ0n) is 16.8. The molecule has 0 amide bonds. The summed E-state index contributed by atoms with van der Waals surface area (Å²) in [6.07, 6.45) is -4.67. The Labute approximate surface area is 175 Å². The van der Waals surface area contributed by atoms with Crippen LogP contribution in [0, 0.1) is 0 Å². The molecular weight excluding hydrogens is 413 g/mol. The number of fused-ring (bicyclic) bond motifs is 1. The van der Waals surface area contributed by atoms with Crippen LogP contribution in [0.5, 0.6) is 0 Å². The molecule has 0 spiro atoms. The van der Waals surface area contributed by atoms with Gasteiger partial charge in [0.1, 0.15) is 0 Å². The van der Waals surface area contributed by atoms with Crippen LogP contribution in [0.2, 0.25) is 0 Å². The summed E-state index contributed by atoms with van der Waals surface area (Å²) < 4.78 is 45.5. The zero-order valence-corrected chi connectivity index (χ0v) is 16.8. The summed E-state index contributed by atoms with van der Waals surface area (Å²) in [4.78, 5) is 21.0. The molecule has 31 heavy (non-hydrogen) atoms. The molecule has 7 nitrogen and oxygen atoms in total. The molecule has 1 saturated heterocycles. The Balaban J connectivity index is 1.73. The van der Waals surface area contributed by atoms with E-state index in [1.54, 1.807) is 6.07 Å². The van der Waals surface area contributed by atoms with Crippen molar-refractivity contribution in [1.29, 1.82) is 0 Å². The lowest BCUT2D eigenvalue weighted by atomic mass is 10.1. The van der Waals surface area contributed by atoms with Crippen molar-refractivity contribution in [3.63, 3.8) is 0 Å². The fourth-order valence-electron chi connectivity index (χ4n) is 3.88. The van der Waals surface area contributed by atoms with Crippen molar-refractivity contribution < 1.29 is 27.8 Å². The zero-order chi connectivity index (χ0) is 22.3. The van der Waals surface area contributed by atoms with E-state index in [9.17, 15) is 23.1 Å². The third-order valence-corrected chi connectivity index (χ3v) is 5.08. The number of rotatable bonds is 4. The first-order valence-corrected chi connectivity index (χ1v) is 9.72. The van der Waals surface area contributed by atoms with Gasteiger partial charge in [-0.25, -0.2) is 9.78 Å². The number of aromatic nitrogens is 2. The number of aromatic amines is 1. The number of para-hydroxylation sites is 1. The molecule has 2 heterocycles. The fraction of sp³-hybridized carbons (Fsp3) is 0.333. The second-order valence-electron chi connectivity index (χ2n) is 7.61. The summed E-state index contributed by atoms with van der Waals surface area (Å²) >= 11 is 0. The monoisotopic (exact) mass is 434 g/mol. The van der Waals surface area contributed by atoms with Gasteiger partial charge in [0.15, 0.2) is 0 Å². The minimum Gasteiger partial charge on any atom is -0.478 e. The topological polar surface area (TPSA) is 90.5 Å². The second-order valence-corrected chi connectivity index (χ2v) is 7.61. The molecule has 0 radical (unpaired) electrons. The quantitative estimate of drug-likeness (QED) is 0.554. The molecule has 0 bridgehead atoms. The number of morpholine rings is 1. The highest BCUT2D eigenvalue weighted by Gasteiger charge is 2.33. The number of carbonyl (C=O) groups is 1. The number of carboxylic acids is 1. The summed E-state index contributed by atoms with van der Waals surface area (Å²) in [5.41, 5.74) is 0.457. The van der Waals surface area contributed by atoms with Crippen LogP contribution >= 0.6 is 0 Å². The van der Waals surface area contributed by atoms with E-state index >= 15 is 0 Å². The van der Waals surface area contributed by atoms with E-state index < -0.39 is 17.7 Å². The van der Waals surface area contributed by atoms with E-state index in [1.165, 1.54) is 24.3 Å². The van der Waals surface area contributed by atoms with Crippen LogP contribution in [0.15, 0.2) is 36.4 Å². The van der Waals surface area contributed by atoms with E-state index in [0.29, 0.717) is 29.8 Å². The molecule has 2 unspecified atom stereocenters. The molecule has 2 aromatic carbocycles. The number of H-pyrrole nitrogens is 1. The minimum absolute atomic E-state index is 0.0704. The number of halogens is 3. The first-order chi connectivity index (χ1) is 14.6. The molecule has 3 aromatic rings. The summed E-state index contributed by atoms with van der Waals surface area (Å²) in [5.74, 6) is -1.02. The highest BCUT2D eigenvalue weighted by molar-refractivity contribution is 6.00. The van der Waals surface area contributed by atoms with Gasteiger partial charge in [-0.3, -0.25) is 0 Å². The smallest absolute Gasteiger partial charge is 0.418 e. The van der Waals surface area contributed by atoms with Crippen molar-refractivity contribution in [3.8, 4) is 0 Å². The van der Waals surface area contributed by atoms with Crippen LogP contribution in [0.25, 0.3) is 11.0 Å². The third-order valence-electron chi connectivity index (χ3n) is 5.08. The predicted molar refractivity (Wildman–Crippen MR) is 110 cm³/mol. The maximum Gasteiger partial charge on any atom is 0.418 e. The van der Waals surface area contributed by atoms with Gasteiger partial charge in [-0.15, -0.1) is 0 Å². The van der Waals surface area contributed by atoms with E-state index in [-0.39, 0.29) is 29.4 Å². The van der Waals surface area contributed by atoms with Crippen LogP contribution in [0.4, 0.5) is 30.5 Å². The molecule has 1 aliphatic rings. The Morgan fingerprint density at radius 1 is 1.23 bits per heavy atom. The molecule has 164 valence electrons. The number of carboxylic acid groups (broad SMARTS) is 1. The normalized spacial score (nSPS) is 19.6. The molecule has 0 saturated carbocycles. The van der Waals surface area contributed by atoms with Crippen LogP contribution in [0.1, 0.15) is 29.8 Å². The van der Waals surface area contributed by atoms with Crippen molar-refractivity contribution >= 4 is 34.3 Å². The number of alkyl halides is 3. The maximum absolute atomic E-state index is 13.3. The number of imidazole rings is 1. The molecule has 1 aromatic heterocycles. The summed E-state index contributed by atoms with van der Waals surface area (Å²) in [7, 11) is 0. The van der Waals surface area contributed by atoms with Gasteiger partial charge in [-0.2, -0.15) is 13.2 Å². The summed E-state index contributed by atoms with van der Waals surface area (Å²) in [5, 5.41) is 12.4. The van der Waals surface area contributed by atoms with Gasteiger partial charge in [-0.05, 0) is 38.1 Å². The lowest BCUT2D eigenvalue weighted by Gasteiger charge is -2.37. The Morgan fingerprint density at radius 2 is 1.90 bits per heavy atom. The Bertz CT molecular complexity index is 1120. The highest BCUT2D eigenvalue weighted by atomic mass is 19.4. The number of anilines is 3. The van der Waals surface area contributed by atoms with Crippen molar-refractivity contribution in [3.05, 3.63) is 47.5 Å². The van der Waals surface area contributed by atoms with Gasteiger partial charge >= 0.3 is 12.1 Å². The summed E-state index contributed by atoms with van der Waals surface area (Å²) in [6, 6.07) is 8.17. The molecule has 3 N–H and O–H groups in total. The number of hydrogen-bond donors (Lipinski definition) is 3. The number of nitrogens with zero attached hydrogens (tertiary/aromatic N) is 2. The summed E-state index contributed by atoms with van der Waals surface area (Å²) in [6.45, 7) is 4.87. The predicted octanol–water partition coefficient (Wildman–Crippen LogP) is 4.64. The van der Waals surface area contributed by atoms with Crippen molar-refractivity contribution in [2.24, 2.45) is 0 Å². The Morgan fingerprint density at radius 3 is 2.55 bits per heavy atom. The molecule has 10 heteroatoms. The first-order valence-electron chi connectivity index (χ1n) is 9.72. The van der Waals surface area contributed by atoms with Gasteiger partial charge < -0.3 is 25.0 Å².